The number of pyridine rings is 2. The molecular formula is C23H19N3O2. The van der Waals surface area contributed by atoms with Crippen LogP contribution in [0.2, 0.25) is 0 Å². The molecule has 0 aliphatic carbocycles. The Kier molecular flexibility index (Phi) is 4.97. The first-order valence-electron chi connectivity index (χ1n) is 9.01. The molecule has 0 spiro atoms. The summed E-state index contributed by atoms with van der Waals surface area (Å²) in [5, 5.41) is 2.89. The molecule has 4 aromatic rings. The number of amides is 1. The molecule has 2 heterocycles. The maximum atomic E-state index is 12.4. The lowest BCUT2D eigenvalue weighted by molar-refractivity contribution is 0.0946. The fourth-order valence-electron chi connectivity index (χ4n) is 2.77. The second kappa shape index (κ2) is 7.88. The van der Waals surface area contributed by atoms with Crippen molar-refractivity contribution in [1.82, 2.24) is 15.3 Å². The number of benzene rings is 2. The summed E-state index contributed by atoms with van der Waals surface area (Å²) in [6.07, 6.45) is 1.70. The summed E-state index contributed by atoms with van der Waals surface area (Å²) in [6.45, 7) is 2.45. The molecule has 1 amide bonds. The first kappa shape index (κ1) is 17.7. The molecule has 1 N–H and O–H groups in total. The van der Waals surface area contributed by atoms with Crippen LogP contribution >= 0.6 is 0 Å². The third-order valence-corrected chi connectivity index (χ3v) is 4.32. The van der Waals surface area contributed by atoms with Crippen molar-refractivity contribution in [2.24, 2.45) is 0 Å². The highest BCUT2D eigenvalue weighted by Crippen LogP contribution is 2.22. The summed E-state index contributed by atoms with van der Waals surface area (Å²) in [6, 6.07) is 22.7. The molecule has 4 rings (SSSR count). The number of rotatable bonds is 5. The van der Waals surface area contributed by atoms with Gasteiger partial charge in [-0.1, -0.05) is 29.8 Å². The van der Waals surface area contributed by atoms with Gasteiger partial charge in [0.1, 0.15) is 17.2 Å². The van der Waals surface area contributed by atoms with Gasteiger partial charge in [-0.2, -0.15) is 0 Å². The predicted molar refractivity (Wildman–Crippen MR) is 108 cm³/mol. The van der Waals surface area contributed by atoms with E-state index >= 15 is 0 Å². The number of hydrogen-bond acceptors (Lipinski definition) is 4. The van der Waals surface area contributed by atoms with Gasteiger partial charge in [0.2, 0.25) is 0 Å². The first-order chi connectivity index (χ1) is 13.7. The van der Waals surface area contributed by atoms with E-state index in [2.05, 4.69) is 15.3 Å². The minimum Gasteiger partial charge on any atom is -0.457 e. The molecule has 2 aromatic carbocycles. The van der Waals surface area contributed by atoms with Crippen LogP contribution in [0, 0.1) is 6.92 Å². The third kappa shape index (κ3) is 4.15. The summed E-state index contributed by atoms with van der Waals surface area (Å²) in [7, 11) is 0. The number of aryl methyl sites for hydroxylation is 1. The Bertz CT molecular complexity index is 1110. The Hall–Kier alpha value is -3.73. The van der Waals surface area contributed by atoms with E-state index in [1.807, 2.05) is 61.5 Å². The number of aromatic nitrogens is 2. The van der Waals surface area contributed by atoms with Gasteiger partial charge in [-0.25, -0.2) is 4.98 Å². The van der Waals surface area contributed by atoms with Gasteiger partial charge < -0.3 is 10.1 Å². The van der Waals surface area contributed by atoms with Crippen LogP contribution in [0.5, 0.6) is 11.5 Å². The fourth-order valence-corrected chi connectivity index (χ4v) is 2.77. The second-order valence-corrected chi connectivity index (χ2v) is 6.48. The molecule has 0 saturated carbocycles. The van der Waals surface area contributed by atoms with Crippen LogP contribution in [0.15, 0.2) is 79.0 Å². The molecular weight excluding hydrogens is 350 g/mol. The smallest absolute Gasteiger partial charge is 0.270 e. The molecule has 5 nitrogen and oxygen atoms in total. The Balaban J connectivity index is 1.37. The van der Waals surface area contributed by atoms with E-state index in [9.17, 15) is 4.79 Å². The summed E-state index contributed by atoms with van der Waals surface area (Å²) >= 11 is 0. The lowest BCUT2D eigenvalue weighted by atomic mass is 10.2. The Morgan fingerprint density at radius 3 is 2.36 bits per heavy atom. The number of nitrogens with one attached hydrogen (secondary N) is 1. The van der Waals surface area contributed by atoms with E-state index in [1.54, 1.807) is 24.4 Å². The van der Waals surface area contributed by atoms with Crippen molar-refractivity contribution in [3.05, 3.63) is 95.8 Å². The third-order valence-electron chi connectivity index (χ3n) is 4.32. The Morgan fingerprint density at radius 1 is 0.893 bits per heavy atom. The molecule has 5 heteroatoms. The number of fused-ring (bicyclic) bond motifs is 1. The first-order valence-corrected chi connectivity index (χ1v) is 9.01. The molecule has 138 valence electrons. The zero-order chi connectivity index (χ0) is 19.3. The van der Waals surface area contributed by atoms with Gasteiger partial charge in [0.05, 0.1) is 11.0 Å². The largest absolute Gasteiger partial charge is 0.457 e. The standard InChI is InChI=1S/C23H19N3O2/c1-16-4-8-18(9-5-16)28-19-10-6-17(7-11-19)15-25-23(27)22-13-12-20-21(26-22)3-2-14-24-20/h2-14H,15H2,1H3,(H,25,27). The van der Waals surface area contributed by atoms with Crippen LogP contribution in [0.1, 0.15) is 21.6 Å². The Morgan fingerprint density at radius 2 is 1.61 bits per heavy atom. The van der Waals surface area contributed by atoms with Crippen LogP contribution in [0.3, 0.4) is 0 Å². The Labute approximate surface area is 163 Å². The average molecular weight is 369 g/mol. The van der Waals surface area contributed by atoms with Crippen molar-refractivity contribution in [3.8, 4) is 11.5 Å². The average Bonchev–Trinajstić information content (AvgIpc) is 2.74. The van der Waals surface area contributed by atoms with Gasteiger partial charge in [-0.15, -0.1) is 0 Å². The van der Waals surface area contributed by atoms with Crippen LogP contribution in [0.25, 0.3) is 11.0 Å². The molecule has 0 radical (unpaired) electrons. The number of ether oxygens (including phenoxy) is 1. The van der Waals surface area contributed by atoms with E-state index < -0.39 is 0 Å². The summed E-state index contributed by atoms with van der Waals surface area (Å²) in [4.78, 5) is 21.0. The lowest BCUT2D eigenvalue weighted by Gasteiger charge is -2.08. The molecule has 28 heavy (non-hydrogen) atoms. The highest BCUT2D eigenvalue weighted by molar-refractivity contribution is 5.94. The molecule has 2 aromatic heterocycles. The molecule has 0 aliphatic rings. The number of nitrogens with zero attached hydrogens (tertiary/aromatic N) is 2. The van der Waals surface area contributed by atoms with E-state index in [0.29, 0.717) is 17.8 Å². The van der Waals surface area contributed by atoms with Crippen LogP contribution in [0.4, 0.5) is 0 Å². The van der Waals surface area contributed by atoms with Gasteiger partial charge in [-0.3, -0.25) is 9.78 Å². The van der Waals surface area contributed by atoms with E-state index in [1.165, 1.54) is 5.56 Å². The lowest BCUT2D eigenvalue weighted by Crippen LogP contribution is -2.23. The summed E-state index contributed by atoms with van der Waals surface area (Å²) in [5.74, 6) is 1.33. The molecule has 0 unspecified atom stereocenters. The maximum Gasteiger partial charge on any atom is 0.270 e. The van der Waals surface area contributed by atoms with Gasteiger partial charge in [0.25, 0.3) is 5.91 Å². The van der Waals surface area contributed by atoms with Crippen molar-refractivity contribution < 1.29 is 9.53 Å². The van der Waals surface area contributed by atoms with Crippen molar-refractivity contribution in [3.63, 3.8) is 0 Å². The minimum atomic E-state index is -0.217. The number of carbonyl (C=O) groups excluding carboxylic acids is 1. The second-order valence-electron chi connectivity index (χ2n) is 6.48. The topological polar surface area (TPSA) is 64.1 Å². The maximum absolute atomic E-state index is 12.4. The van der Waals surface area contributed by atoms with Gasteiger partial charge in [0.15, 0.2) is 0 Å². The highest BCUT2D eigenvalue weighted by atomic mass is 16.5. The number of carbonyl (C=O) groups is 1. The van der Waals surface area contributed by atoms with Gasteiger partial charge in [0, 0.05) is 12.7 Å². The van der Waals surface area contributed by atoms with Crippen LogP contribution < -0.4 is 10.1 Å². The van der Waals surface area contributed by atoms with Crippen LogP contribution in [-0.2, 0) is 6.54 Å². The van der Waals surface area contributed by atoms with E-state index in [0.717, 1.165) is 22.6 Å². The highest BCUT2D eigenvalue weighted by Gasteiger charge is 2.08. The van der Waals surface area contributed by atoms with Crippen molar-refractivity contribution in [1.29, 1.82) is 0 Å². The van der Waals surface area contributed by atoms with E-state index in [-0.39, 0.29) is 5.91 Å². The summed E-state index contributed by atoms with van der Waals surface area (Å²) in [5.41, 5.74) is 4.01. The molecule has 0 fully saturated rings. The normalized spacial score (nSPS) is 10.6. The number of hydrogen-bond donors (Lipinski definition) is 1. The van der Waals surface area contributed by atoms with Gasteiger partial charge >= 0.3 is 0 Å². The SMILES string of the molecule is Cc1ccc(Oc2ccc(CNC(=O)c3ccc4ncccc4n3)cc2)cc1. The quantitative estimate of drug-likeness (QED) is 0.556. The summed E-state index contributed by atoms with van der Waals surface area (Å²) < 4.78 is 5.82. The van der Waals surface area contributed by atoms with Gasteiger partial charge in [-0.05, 0) is 61.0 Å². The zero-order valence-corrected chi connectivity index (χ0v) is 15.4. The monoisotopic (exact) mass is 369 g/mol. The molecule has 0 aliphatic heterocycles. The fraction of sp³-hybridized carbons (Fsp3) is 0.0870. The van der Waals surface area contributed by atoms with Crippen molar-refractivity contribution in [2.45, 2.75) is 13.5 Å². The molecule has 0 atom stereocenters. The van der Waals surface area contributed by atoms with Crippen molar-refractivity contribution in [2.75, 3.05) is 0 Å². The molecule has 0 bridgehead atoms. The van der Waals surface area contributed by atoms with Crippen molar-refractivity contribution >= 4 is 16.9 Å². The predicted octanol–water partition coefficient (Wildman–Crippen LogP) is 4.66. The van der Waals surface area contributed by atoms with E-state index in [4.69, 9.17) is 4.74 Å². The minimum absolute atomic E-state index is 0.217. The molecule has 0 saturated heterocycles. The van der Waals surface area contributed by atoms with Crippen LogP contribution in [-0.4, -0.2) is 15.9 Å². The zero-order valence-electron chi connectivity index (χ0n) is 15.4.